The maximum atomic E-state index is 5.71. The Morgan fingerprint density at radius 2 is 2.22 bits per heavy atom. The molecule has 0 aliphatic carbocycles. The van der Waals surface area contributed by atoms with Gasteiger partial charge >= 0.3 is 0 Å². The van der Waals surface area contributed by atoms with E-state index in [4.69, 9.17) is 9.47 Å². The predicted octanol–water partition coefficient (Wildman–Crippen LogP) is 1.88. The van der Waals surface area contributed by atoms with Crippen molar-refractivity contribution in [2.24, 2.45) is 5.92 Å². The molecule has 2 N–H and O–H groups in total. The Bertz CT molecular complexity index is 326. The van der Waals surface area contributed by atoms with E-state index in [1.54, 1.807) is 7.11 Å². The van der Waals surface area contributed by atoms with Crippen molar-refractivity contribution >= 4 is 0 Å². The van der Waals surface area contributed by atoms with Crippen molar-refractivity contribution in [3.63, 3.8) is 0 Å². The van der Waals surface area contributed by atoms with Crippen LogP contribution in [0.2, 0.25) is 0 Å². The summed E-state index contributed by atoms with van der Waals surface area (Å²) in [7, 11) is 1.70. The normalized spacial score (nSPS) is 13.2. The summed E-state index contributed by atoms with van der Waals surface area (Å²) in [6.45, 7) is 9.31. The number of nitrogens with zero attached hydrogens (tertiary/aromatic N) is 1. The van der Waals surface area contributed by atoms with E-state index in [-0.39, 0.29) is 6.10 Å². The van der Waals surface area contributed by atoms with Crippen molar-refractivity contribution in [2.45, 2.75) is 33.4 Å². The molecule has 0 aliphatic heterocycles. The van der Waals surface area contributed by atoms with Crippen LogP contribution in [0.3, 0.4) is 0 Å². The number of aromatic nitrogens is 2. The summed E-state index contributed by atoms with van der Waals surface area (Å²) < 4.78 is 10.7. The molecule has 1 aromatic heterocycles. The van der Waals surface area contributed by atoms with Crippen molar-refractivity contribution in [3.8, 4) is 0 Å². The van der Waals surface area contributed by atoms with Crippen molar-refractivity contribution in [3.05, 3.63) is 17.7 Å². The summed E-state index contributed by atoms with van der Waals surface area (Å²) in [6, 6.07) is 0. The first-order valence-corrected chi connectivity index (χ1v) is 6.54. The Labute approximate surface area is 109 Å². The molecule has 0 fully saturated rings. The zero-order valence-electron chi connectivity index (χ0n) is 11.8. The second-order valence-corrected chi connectivity index (χ2v) is 4.58. The minimum atomic E-state index is 0.0442. The van der Waals surface area contributed by atoms with Crippen LogP contribution in [0.25, 0.3) is 0 Å². The van der Waals surface area contributed by atoms with Gasteiger partial charge < -0.3 is 19.8 Å². The molecular weight excluding hydrogens is 230 g/mol. The van der Waals surface area contributed by atoms with Crippen LogP contribution < -0.4 is 5.32 Å². The summed E-state index contributed by atoms with van der Waals surface area (Å²) in [4.78, 5) is 7.72. The molecule has 104 valence electrons. The lowest BCUT2D eigenvalue weighted by atomic mass is 10.1. The van der Waals surface area contributed by atoms with E-state index >= 15 is 0 Å². The zero-order chi connectivity index (χ0) is 13.4. The maximum absolute atomic E-state index is 5.71. The third-order valence-corrected chi connectivity index (χ3v) is 2.67. The van der Waals surface area contributed by atoms with Crippen LogP contribution in [0, 0.1) is 5.92 Å². The van der Waals surface area contributed by atoms with Gasteiger partial charge in [-0.05, 0) is 12.8 Å². The van der Waals surface area contributed by atoms with E-state index < -0.39 is 0 Å². The van der Waals surface area contributed by atoms with Gasteiger partial charge in [0.15, 0.2) is 0 Å². The van der Waals surface area contributed by atoms with Crippen LogP contribution in [0.4, 0.5) is 0 Å². The molecule has 1 aromatic rings. The molecule has 0 radical (unpaired) electrons. The number of nitrogens with one attached hydrogen (secondary N) is 2. The first-order chi connectivity index (χ1) is 8.69. The van der Waals surface area contributed by atoms with Crippen LogP contribution in [0.1, 0.15) is 38.4 Å². The molecule has 0 bridgehead atoms. The number of methoxy groups -OCH3 is 1. The SMILES string of the molecule is CCOC(c1ncc(CNCCOC)[nH]1)C(C)C. The highest BCUT2D eigenvalue weighted by atomic mass is 16.5. The van der Waals surface area contributed by atoms with Gasteiger partial charge in [-0.2, -0.15) is 0 Å². The van der Waals surface area contributed by atoms with Crippen LogP contribution in [-0.4, -0.2) is 36.8 Å². The number of imidazole rings is 1. The van der Waals surface area contributed by atoms with E-state index in [9.17, 15) is 0 Å². The third-order valence-electron chi connectivity index (χ3n) is 2.67. The molecule has 0 amide bonds. The Kier molecular flexibility index (Phi) is 6.93. The third kappa shape index (κ3) is 4.76. The number of H-pyrrole nitrogens is 1. The summed E-state index contributed by atoms with van der Waals surface area (Å²) in [5.41, 5.74) is 1.08. The number of aromatic amines is 1. The second-order valence-electron chi connectivity index (χ2n) is 4.58. The molecule has 5 nitrogen and oxygen atoms in total. The lowest BCUT2D eigenvalue weighted by Crippen LogP contribution is -2.19. The molecule has 1 unspecified atom stereocenters. The molecule has 0 spiro atoms. The van der Waals surface area contributed by atoms with Gasteiger partial charge in [-0.25, -0.2) is 4.98 Å². The highest BCUT2D eigenvalue weighted by Gasteiger charge is 2.18. The minimum Gasteiger partial charge on any atom is -0.383 e. The Hall–Kier alpha value is -0.910. The van der Waals surface area contributed by atoms with Gasteiger partial charge in [-0.1, -0.05) is 13.8 Å². The van der Waals surface area contributed by atoms with Gasteiger partial charge in [-0.3, -0.25) is 0 Å². The van der Waals surface area contributed by atoms with Crippen LogP contribution in [0.15, 0.2) is 6.20 Å². The summed E-state index contributed by atoms with van der Waals surface area (Å²) in [5.74, 6) is 1.32. The van der Waals surface area contributed by atoms with Crippen molar-refractivity contribution in [1.82, 2.24) is 15.3 Å². The summed E-state index contributed by atoms with van der Waals surface area (Å²) in [5, 5.41) is 3.28. The van der Waals surface area contributed by atoms with E-state index in [0.29, 0.717) is 19.1 Å². The largest absolute Gasteiger partial charge is 0.383 e. The van der Waals surface area contributed by atoms with Crippen LogP contribution in [-0.2, 0) is 16.0 Å². The van der Waals surface area contributed by atoms with Crippen molar-refractivity contribution in [1.29, 1.82) is 0 Å². The average Bonchev–Trinajstić information content (AvgIpc) is 2.79. The van der Waals surface area contributed by atoms with E-state index in [1.165, 1.54) is 0 Å². The van der Waals surface area contributed by atoms with Gasteiger partial charge in [0, 0.05) is 38.7 Å². The number of rotatable bonds is 9. The fourth-order valence-corrected chi connectivity index (χ4v) is 1.77. The van der Waals surface area contributed by atoms with Gasteiger partial charge in [0.1, 0.15) is 11.9 Å². The molecule has 0 saturated carbocycles. The molecule has 5 heteroatoms. The molecule has 0 aromatic carbocycles. The molecule has 18 heavy (non-hydrogen) atoms. The van der Waals surface area contributed by atoms with Gasteiger partial charge in [0.25, 0.3) is 0 Å². The Balaban J connectivity index is 2.50. The Morgan fingerprint density at radius 1 is 1.44 bits per heavy atom. The van der Waals surface area contributed by atoms with Gasteiger partial charge in [0.05, 0.1) is 6.61 Å². The fourth-order valence-electron chi connectivity index (χ4n) is 1.77. The lowest BCUT2D eigenvalue weighted by molar-refractivity contribution is 0.0237. The highest BCUT2D eigenvalue weighted by molar-refractivity contribution is 5.04. The second kappa shape index (κ2) is 8.24. The molecule has 1 atom stereocenters. The molecular formula is C13H25N3O2. The molecule has 1 rings (SSSR count). The molecule has 0 saturated heterocycles. The van der Waals surface area contributed by atoms with Gasteiger partial charge in [0.2, 0.25) is 0 Å². The minimum absolute atomic E-state index is 0.0442. The van der Waals surface area contributed by atoms with Crippen LogP contribution in [0.5, 0.6) is 0 Å². The molecule has 0 aliphatic rings. The van der Waals surface area contributed by atoms with E-state index in [1.807, 2.05) is 13.1 Å². The van der Waals surface area contributed by atoms with Crippen molar-refractivity contribution in [2.75, 3.05) is 26.9 Å². The van der Waals surface area contributed by atoms with Crippen molar-refractivity contribution < 1.29 is 9.47 Å². The average molecular weight is 255 g/mol. The van der Waals surface area contributed by atoms with Crippen LogP contribution >= 0.6 is 0 Å². The molecule has 1 heterocycles. The zero-order valence-corrected chi connectivity index (χ0v) is 11.8. The summed E-state index contributed by atoms with van der Waals surface area (Å²) in [6.07, 6.45) is 1.91. The number of hydrogen-bond acceptors (Lipinski definition) is 4. The summed E-state index contributed by atoms with van der Waals surface area (Å²) >= 11 is 0. The lowest BCUT2D eigenvalue weighted by Gasteiger charge is -2.18. The maximum Gasteiger partial charge on any atom is 0.135 e. The van der Waals surface area contributed by atoms with Gasteiger partial charge in [-0.15, -0.1) is 0 Å². The monoisotopic (exact) mass is 255 g/mol. The number of hydrogen-bond donors (Lipinski definition) is 2. The Morgan fingerprint density at radius 3 is 2.83 bits per heavy atom. The highest BCUT2D eigenvalue weighted by Crippen LogP contribution is 2.22. The van der Waals surface area contributed by atoms with E-state index in [2.05, 4.69) is 29.1 Å². The van der Waals surface area contributed by atoms with E-state index in [0.717, 1.165) is 24.6 Å². The number of ether oxygens (including phenoxy) is 2. The first-order valence-electron chi connectivity index (χ1n) is 6.54. The predicted molar refractivity (Wildman–Crippen MR) is 71.4 cm³/mol. The first kappa shape index (κ1) is 15.1. The topological polar surface area (TPSA) is 59.2 Å². The standard InChI is InChI=1S/C13H25N3O2/c1-5-18-12(10(2)3)13-15-9-11(16-13)8-14-6-7-17-4/h9-10,12,14H,5-8H2,1-4H3,(H,15,16). The fraction of sp³-hybridized carbons (Fsp3) is 0.769. The quantitative estimate of drug-likeness (QED) is 0.661. The smallest absolute Gasteiger partial charge is 0.135 e.